The Morgan fingerprint density at radius 3 is 2.48 bits per heavy atom. The molecule has 1 aliphatic heterocycles. The lowest BCUT2D eigenvalue weighted by Crippen LogP contribution is -2.37. The maximum absolute atomic E-state index is 14.6. The van der Waals surface area contributed by atoms with Crippen molar-refractivity contribution in [1.82, 2.24) is 14.6 Å². The smallest absolute Gasteiger partial charge is 0.303 e. The van der Waals surface area contributed by atoms with Crippen LogP contribution < -0.4 is 0 Å². The zero-order valence-electron chi connectivity index (χ0n) is 22.7. The normalized spacial score (nSPS) is 17.0. The molecule has 1 aliphatic carbocycles. The van der Waals surface area contributed by atoms with Gasteiger partial charge in [0.15, 0.2) is 5.76 Å². The number of rotatable bonds is 5. The second-order valence-electron chi connectivity index (χ2n) is 10.5. The van der Waals surface area contributed by atoms with Gasteiger partial charge in [-0.2, -0.15) is 0 Å². The summed E-state index contributed by atoms with van der Waals surface area (Å²) in [6.07, 6.45) is 5.14. The standard InChI is InChI=1S/C31H26Cl3N3O5/c1-3-25(39)36-11-9-17(10-12-36)30-28(29(35-42-30)27-21(33)13-19(32)14-22(27)34)31(40)37-15-18-7-8-24(41-16(2)38)20-5-4-6-23(37)26(18)20/h3-6,13-15,17,24H,1,7-12H2,2H3. The quantitative estimate of drug-likeness (QED) is 0.169. The van der Waals surface area contributed by atoms with Gasteiger partial charge in [0.1, 0.15) is 17.4 Å². The van der Waals surface area contributed by atoms with Gasteiger partial charge in [-0.25, -0.2) is 0 Å². The molecular weight excluding hydrogens is 601 g/mol. The van der Waals surface area contributed by atoms with Crippen LogP contribution in [0, 0.1) is 0 Å². The fourth-order valence-electron chi connectivity index (χ4n) is 6.13. The average Bonchev–Trinajstić information content (AvgIpc) is 3.56. The van der Waals surface area contributed by atoms with Crippen molar-refractivity contribution >= 4 is 63.5 Å². The van der Waals surface area contributed by atoms with Gasteiger partial charge < -0.3 is 14.2 Å². The largest absolute Gasteiger partial charge is 0.458 e. The maximum atomic E-state index is 14.6. The highest BCUT2D eigenvalue weighted by Gasteiger charge is 2.36. The molecule has 0 N–H and O–H groups in total. The van der Waals surface area contributed by atoms with E-state index in [-0.39, 0.29) is 51.1 Å². The lowest BCUT2D eigenvalue weighted by molar-refractivity contribution is -0.147. The molecule has 1 atom stereocenters. The van der Waals surface area contributed by atoms with Gasteiger partial charge in [-0.3, -0.25) is 19.0 Å². The van der Waals surface area contributed by atoms with E-state index in [9.17, 15) is 14.4 Å². The number of carbonyl (C=O) groups excluding carboxylic acids is 3. The van der Waals surface area contributed by atoms with Gasteiger partial charge in [0, 0.05) is 53.7 Å². The van der Waals surface area contributed by atoms with Gasteiger partial charge in [-0.15, -0.1) is 0 Å². The number of benzene rings is 2. The van der Waals surface area contributed by atoms with Crippen LogP contribution in [0.15, 0.2) is 53.7 Å². The van der Waals surface area contributed by atoms with Gasteiger partial charge in [0.2, 0.25) is 5.91 Å². The third-order valence-electron chi connectivity index (χ3n) is 8.02. The van der Waals surface area contributed by atoms with E-state index in [2.05, 4.69) is 11.7 Å². The molecule has 2 aromatic carbocycles. The number of hydrogen-bond acceptors (Lipinski definition) is 6. The van der Waals surface area contributed by atoms with Crippen molar-refractivity contribution < 1.29 is 23.6 Å². The van der Waals surface area contributed by atoms with Crippen LogP contribution in [0.5, 0.6) is 0 Å². The first-order chi connectivity index (χ1) is 20.2. The minimum atomic E-state index is -0.387. The molecule has 0 radical (unpaired) electrons. The molecule has 3 heterocycles. The molecule has 11 heteroatoms. The van der Waals surface area contributed by atoms with Crippen molar-refractivity contribution in [3.8, 4) is 11.3 Å². The van der Waals surface area contributed by atoms with Gasteiger partial charge in [0.05, 0.1) is 15.6 Å². The van der Waals surface area contributed by atoms with E-state index in [0.717, 1.165) is 16.5 Å². The Morgan fingerprint density at radius 2 is 1.81 bits per heavy atom. The number of piperidine rings is 1. The van der Waals surface area contributed by atoms with Crippen LogP contribution in [-0.4, -0.2) is 45.5 Å². The highest BCUT2D eigenvalue weighted by atomic mass is 35.5. The van der Waals surface area contributed by atoms with Gasteiger partial charge in [-0.1, -0.05) is 58.7 Å². The first-order valence-corrected chi connectivity index (χ1v) is 14.7. The molecule has 1 saturated heterocycles. The van der Waals surface area contributed by atoms with Gasteiger partial charge in [0.25, 0.3) is 5.91 Å². The lowest BCUT2D eigenvalue weighted by Gasteiger charge is -2.30. The molecule has 1 fully saturated rings. The summed E-state index contributed by atoms with van der Waals surface area (Å²) in [7, 11) is 0. The van der Waals surface area contributed by atoms with Crippen LogP contribution >= 0.6 is 34.8 Å². The van der Waals surface area contributed by atoms with Crippen LogP contribution in [0.25, 0.3) is 22.2 Å². The molecule has 0 bridgehead atoms. The number of nitrogens with zero attached hydrogens (tertiary/aromatic N) is 3. The van der Waals surface area contributed by atoms with Crippen LogP contribution in [-0.2, 0) is 20.7 Å². The van der Waals surface area contributed by atoms with Crippen LogP contribution in [0.4, 0.5) is 0 Å². The second-order valence-corrected chi connectivity index (χ2v) is 11.8. The summed E-state index contributed by atoms with van der Waals surface area (Å²) in [5, 5.41) is 6.04. The van der Waals surface area contributed by atoms with Crippen molar-refractivity contribution in [3.63, 3.8) is 0 Å². The fourth-order valence-corrected chi connectivity index (χ4v) is 7.12. The Morgan fingerprint density at radius 1 is 1.10 bits per heavy atom. The minimum Gasteiger partial charge on any atom is -0.458 e. The van der Waals surface area contributed by atoms with E-state index in [1.54, 1.807) is 21.6 Å². The molecule has 2 aliphatic rings. The Labute approximate surface area is 256 Å². The zero-order chi connectivity index (χ0) is 29.7. The first kappa shape index (κ1) is 28.5. The van der Waals surface area contributed by atoms with Crippen molar-refractivity contribution in [3.05, 3.63) is 86.7 Å². The summed E-state index contributed by atoms with van der Waals surface area (Å²) >= 11 is 19.4. The maximum Gasteiger partial charge on any atom is 0.303 e. The Kier molecular flexibility index (Phi) is 7.64. The first-order valence-electron chi connectivity index (χ1n) is 13.6. The fraction of sp³-hybridized carbons (Fsp3) is 0.290. The Hall–Kier alpha value is -3.59. The zero-order valence-corrected chi connectivity index (χ0v) is 24.9. The molecule has 0 spiro atoms. The predicted octanol–water partition coefficient (Wildman–Crippen LogP) is 7.39. The Balaban J connectivity index is 1.49. The van der Waals surface area contributed by atoms with E-state index in [4.69, 9.17) is 44.1 Å². The molecule has 1 amide bonds. The average molecular weight is 627 g/mol. The van der Waals surface area contributed by atoms with E-state index >= 15 is 0 Å². The molecule has 4 aromatic rings. The van der Waals surface area contributed by atoms with E-state index in [0.29, 0.717) is 60.6 Å². The van der Waals surface area contributed by atoms with Crippen molar-refractivity contribution in [1.29, 1.82) is 0 Å². The number of halogens is 3. The number of aryl methyl sites for hydroxylation is 1. The Bertz CT molecular complexity index is 1740. The van der Waals surface area contributed by atoms with Crippen LogP contribution in [0.1, 0.15) is 65.5 Å². The van der Waals surface area contributed by atoms with Gasteiger partial charge in [-0.05, 0) is 55.5 Å². The number of likely N-dealkylation sites (tertiary alicyclic amines) is 1. The van der Waals surface area contributed by atoms with E-state index in [1.165, 1.54) is 13.0 Å². The highest BCUT2D eigenvalue weighted by molar-refractivity contribution is 6.42. The second kappa shape index (κ2) is 11.2. The number of esters is 1. The molecule has 0 saturated carbocycles. The molecule has 2 aromatic heterocycles. The van der Waals surface area contributed by atoms with Gasteiger partial charge >= 0.3 is 5.97 Å². The predicted molar refractivity (Wildman–Crippen MR) is 160 cm³/mol. The number of amides is 1. The molecule has 8 nitrogen and oxygen atoms in total. The number of carbonyl (C=O) groups is 3. The van der Waals surface area contributed by atoms with Crippen molar-refractivity contribution in [2.45, 2.75) is 44.6 Å². The number of aromatic nitrogens is 2. The van der Waals surface area contributed by atoms with Crippen molar-refractivity contribution in [2.75, 3.05) is 13.1 Å². The van der Waals surface area contributed by atoms with E-state index < -0.39 is 0 Å². The molecular formula is C31H26Cl3N3O5. The highest BCUT2D eigenvalue weighted by Crippen LogP contribution is 2.44. The monoisotopic (exact) mass is 625 g/mol. The summed E-state index contributed by atoms with van der Waals surface area (Å²) < 4.78 is 13.1. The number of ether oxygens (including phenoxy) is 1. The summed E-state index contributed by atoms with van der Waals surface area (Å²) in [6, 6.07) is 8.72. The topological polar surface area (TPSA) is 94.6 Å². The lowest BCUT2D eigenvalue weighted by atomic mass is 9.90. The third-order valence-corrected chi connectivity index (χ3v) is 8.83. The van der Waals surface area contributed by atoms with Crippen LogP contribution in [0.2, 0.25) is 15.1 Å². The van der Waals surface area contributed by atoms with E-state index in [1.807, 2.05) is 24.4 Å². The molecule has 1 unspecified atom stereocenters. The third kappa shape index (κ3) is 4.91. The molecule has 6 rings (SSSR count). The summed E-state index contributed by atoms with van der Waals surface area (Å²) in [4.78, 5) is 40.3. The molecule has 216 valence electrons. The SMILES string of the molecule is C=CC(=O)N1CCC(c2onc(-c3c(Cl)cc(Cl)cc3Cl)c2C(=O)n2cc3c4c(cccc42)C(OC(C)=O)CC3)CC1. The van der Waals surface area contributed by atoms with Crippen molar-refractivity contribution in [2.24, 2.45) is 0 Å². The summed E-state index contributed by atoms with van der Waals surface area (Å²) in [5.41, 5.74) is 3.34. The van der Waals surface area contributed by atoms with Crippen LogP contribution in [0.3, 0.4) is 0 Å². The minimum absolute atomic E-state index is 0.137. The summed E-state index contributed by atoms with van der Waals surface area (Å²) in [6.45, 7) is 5.94. The summed E-state index contributed by atoms with van der Waals surface area (Å²) in [5.74, 6) is -0.609. The molecule has 42 heavy (non-hydrogen) atoms. The number of hydrogen-bond donors (Lipinski definition) is 0.